The van der Waals surface area contributed by atoms with E-state index in [1.807, 2.05) is 23.1 Å². The number of benzene rings is 1. The molecule has 5 nitrogen and oxygen atoms in total. The van der Waals surface area contributed by atoms with Crippen LogP contribution >= 0.6 is 0 Å². The predicted molar refractivity (Wildman–Crippen MR) is 127 cm³/mol. The highest BCUT2D eigenvalue weighted by molar-refractivity contribution is 5.78. The first-order valence-electron chi connectivity index (χ1n) is 12.3. The summed E-state index contributed by atoms with van der Waals surface area (Å²) in [6.07, 6.45) is 11.1. The highest BCUT2D eigenvalue weighted by Gasteiger charge is 2.43. The normalized spacial score (nSPS) is 28.3. The third kappa shape index (κ3) is 5.89. The molecule has 0 aromatic heterocycles. The standard InChI is InChI=1S/C27H38N2O3/c1-19-5-4-6-20(13-19)15-23(30)7-8-24-25-16-21(14-22(25)17-26(24)31)9-10-28-18-27(32)29-11-2-3-12-29/h4-8,13-14,22-26,28,30-31H,2-3,9-12,15-18H2,1H3/b8-7+/t22-,23+,24+,25-,26+/m0/s1. The van der Waals surface area contributed by atoms with Crippen molar-refractivity contribution in [2.75, 3.05) is 26.2 Å². The van der Waals surface area contributed by atoms with Crippen molar-refractivity contribution < 1.29 is 15.0 Å². The fraction of sp³-hybridized carbons (Fsp3) is 0.593. The van der Waals surface area contributed by atoms with Crippen molar-refractivity contribution in [2.45, 2.75) is 57.7 Å². The summed E-state index contributed by atoms with van der Waals surface area (Å²) < 4.78 is 0. The molecular weight excluding hydrogens is 400 g/mol. The van der Waals surface area contributed by atoms with Gasteiger partial charge < -0.3 is 20.4 Å². The van der Waals surface area contributed by atoms with E-state index in [-0.39, 0.29) is 17.9 Å². The number of aliphatic hydroxyl groups excluding tert-OH is 2. The van der Waals surface area contributed by atoms with Crippen molar-refractivity contribution in [3.05, 3.63) is 59.2 Å². The van der Waals surface area contributed by atoms with E-state index in [1.54, 1.807) is 0 Å². The number of aliphatic hydroxyl groups is 2. The van der Waals surface area contributed by atoms with Crippen molar-refractivity contribution in [2.24, 2.45) is 17.8 Å². The summed E-state index contributed by atoms with van der Waals surface area (Å²) in [5.74, 6) is 1.17. The molecule has 0 radical (unpaired) electrons. The number of likely N-dealkylation sites (tertiary alicyclic amines) is 1. The second-order valence-electron chi connectivity index (χ2n) is 9.90. The summed E-state index contributed by atoms with van der Waals surface area (Å²) in [5, 5.41) is 24.4. The molecule has 1 aromatic carbocycles. The second kappa shape index (κ2) is 10.8. The van der Waals surface area contributed by atoms with Gasteiger partial charge in [-0.15, -0.1) is 0 Å². The molecule has 0 unspecified atom stereocenters. The lowest BCUT2D eigenvalue weighted by Gasteiger charge is -2.19. The molecule has 32 heavy (non-hydrogen) atoms. The molecule has 1 saturated carbocycles. The van der Waals surface area contributed by atoms with Crippen molar-refractivity contribution in [1.82, 2.24) is 10.2 Å². The van der Waals surface area contributed by atoms with Gasteiger partial charge in [0, 0.05) is 25.4 Å². The first kappa shape index (κ1) is 23.2. The van der Waals surface area contributed by atoms with Crippen molar-refractivity contribution in [3.8, 4) is 0 Å². The lowest BCUT2D eigenvalue weighted by molar-refractivity contribution is -0.129. The quantitative estimate of drug-likeness (QED) is 0.409. The van der Waals surface area contributed by atoms with Gasteiger partial charge in [-0.25, -0.2) is 0 Å². The van der Waals surface area contributed by atoms with Crippen LogP contribution in [0.5, 0.6) is 0 Å². The Kier molecular flexibility index (Phi) is 7.82. The maximum Gasteiger partial charge on any atom is 0.236 e. The number of carbonyl (C=O) groups excluding carboxylic acids is 1. The average molecular weight is 439 g/mol. The third-order valence-electron chi connectivity index (χ3n) is 7.39. The van der Waals surface area contributed by atoms with Crippen LogP contribution in [0, 0.1) is 24.7 Å². The van der Waals surface area contributed by atoms with Gasteiger partial charge >= 0.3 is 0 Å². The molecule has 2 aliphatic carbocycles. The molecular formula is C27H38N2O3. The Morgan fingerprint density at radius 3 is 2.91 bits per heavy atom. The number of hydrogen-bond acceptors (Lipinski definition) is 4. The van der Waals surface area contributed by atoms with Gasteiger partial charge in [-0.05, 0) is 63.0 Å². The van der Waals surface area contributed by atoms with E-state index in [9.17, 15) is 15.0 Å². The zero-order chi connectivity index (χ0) is 22.5. The lowest BCUT2D eigenvalue weighted by atomic mass is 9.88. The summed E-state index contributed by atoms with van der Waals surface area (Å²) in [6.45, 7) is 5.14. The topological polar surface area (TPSA) is 72.8 Å². The molecule has 0 spiro atoms. The fourth-order valence-electron chi connectivity index (χ4n) is 5.72. The number of hydrogen-bond donors (Lipinski definition) is 3. The Morgan fingerprint density at radius 2 is 2.12 bits per heavy atom. The van der Waals surface area contributed by atoms with Crippen LogP contribution in [-0.4, -0.2) is 59.4 Å². The molecule has 1 aliphatic heterocycles. The van der Waals surface area contributed by atoms with E-state index < -0.39 is 6.10 Å². The number of rotatable bonds is 9. The van der Waals surface area contributed by atoms with E-state index in [0.29, 0.717) is 24.8 Å². The number of fused-ring (bicyclic) bond motifs is 1. The van der Waals surface area contributed by atoms with Crippen molar-refractivity contribution in [1.29, 1.82) is 0 Å². The Labute approximate surface area is 192 Å². The molecule has 5 heteroatoms. The van der Waals surface area contributed by atoms with E-state index in [2.05, 4.69) is 36.5 Å². The van der Waals surface area contributed by atoms with Crippen LogP contribution in [0.15, 0.2) is 48.1 Å². The molecule has 4 rings (SSSR count). The van der Waals surface area contributed by atoms with E-state index in [4.69, 9.17) is 0 Å². The molecule has 1 amide bonds. The minimum Gasteiger partial charge on any atom is -0.392 e. The van der Waals surface area contributed by atoms with E-state index in [0.717, 1.165) is 57.3 Å². The molecule has 174 valence electrons. The smallest absolute Gasteiger partial charge is 0.236 e. The van der Waals surface area contributed by atoms with Gasteiger partial charge in [-0.1, -0.05) is 53.6 Å². The Balaban J connectivity index is 1.22. The van der Waals surface area contributed by atoms with E-state index in [1.165, 1.54) is 11.1 Å². The van der Waals surface area contributed by atoms with Gasteiger partial charge in [0.2, 0.25) is 5.91 Å². The third-order valence-corrected chi connectivity index (χ3v) is 7.39. The van der Waals surface area contributed by atoms with Crippen molar-refractivity contribution in [3.63, 3.8) is 0 Å². The number of amides is 1. The number of nitrogens with one attached hydrogen (secondary N) is 1. The Hall–Kier alpha value is -1.95. The monoisotopic (exact) mass is 438 g/mol. The average Bonchev–Trinajstić information content (AvgIpc) is 3.47. The summed E-state index contributed by atoms with van der Waals surface area (Å²) >= 11 is 0. The molecule has 0 bridgehead atoms. The number of aryl methyl sites for hydroxylation is 1. The highest BCUT2D eigenvalue weighted by Crippen LogP contribution is 2.47. The SMILES string of the molecule is Cc1cccc(C[C@H](O)/C=C/[C@@H]2[C@H]3CC(CCNCC(=O)N4CCCC4)=C[C@H]3C[C@H]2O)c1. The molecule has 1 heterocycles. The lowest BCUT2D eigenvalue weighted by Crippen LogP contribution is -2.36. The maximum absolute atomic E-state index is 12.1. The zero-order valence-electron chi connectivity index (χ0n) is 19.2. The number of nitrogens with zero attached hydrogens (tertiary/aromatic N) is 1. The maximum atomic E-state index is 12.1. The summed E-state index contributed by atoms with van der Waals surface area (Å²) in [4.78, 5) is 14.1. The summed E-state index contributed by atoms with van der Waals surface area (Å²) in [6, 6.07) is 8.24. The Morgan fingerprint density at radius 1 is 1.31 bits per heavy atom. The summed E-state index contributed by atoms with van der Waals surface area (Å²) in [5.41, 5.74) is 3.77. The van der Waals surface area contributed by atoms with Crippen LogP contribution in [0.2, 0.25) is 0 Å². The summed E-state index contributed by atoms with van der Waals surface area (Å²) in [7, 11) is 0. The van der Waals surface area contributed by atoms with Crippen LogP contribution in [0.4, 0.5) is 0 Å². The molecule has 3 aliphatic rings. The molecule has 1 aromatic rings. The van der Waals surface area contributed by atoms with Crippen molar-refractivity contribution >= 4 is 5.91 Å². The largest absolute Gasteiger partial charge is 0.392 e. The van der Waals surface area contributed by atoms with Gasteiger partial charge in [0.15, 0.2) is 0 Å². The van der Waals surface area contributed by atoms with Gasteiger partial charge in [0.05, 0.1) is 18.8 Å². The van der Waals surface area contributed by atoms with Crippen LogP contribution < -0.4 is 5.32 Å². The second-order valence-corrected chi connectivity index (χ2v) is 9.90. The number of carbonyl (C=O) groups is 1. The number of allylic oxidation sites excluding steroid dienone is 1. The van der Waals surface area contributed by atoms with Crippen LogP contribution in [0.3, 0.4) is 0 Å². The van der Waals surface area contributed by atoms with Gasteiger partial charge in [0.25, 0.3) is 0 Å². The van der Waals surface area contributed by atoms with Gasteiger partial charge in [0.1, 0.15) is 0 Å². The molecule has 2 fully saturated rings. The molecule has 1 saturated heterocycles. The first-order chi connectivity index (χ1) is 15.5. The van der Waals surface area contributed by atoms with Crippen LogP contribution in [-0.2, 0) is 11.2 Å². The van der Waals surface area contributed by atoms with Crippen LogP contribution in [0.25, 0.3) is 0 Å². The first-order valence-corrected chi connectivity index (χ1v) is 12.3. The zero-order valence-corrected chi connectivity index (χ0v) is 19.2. The minimum atomic E-state index is -0.533. The van der Waals surface area contributed by atoms with Gasteiger partial charge in [-0.2, -0.15) is 0 Å². The molecule has 3 N–H and O–H groups in total. The van der Waals surface area contributed by atoms with Gasteiger partial charge in [-0.3, -0.25) is 4.79 Å². The fourth-order valence-corrected chi connectivity index (χ4v) is 5.72. The Bertz CT molecular complexity index is 843. The highest BCUT2D eigenvalue weighted by atomic mass is 16.3. The minimum absolute atomic E-state index is 0.102. The van der Waals surface area contributed by atoms with Crippen LogP contribution in [0.1, 0.15) is 43.2 Å². The molecule has 5 atom stereocenters. The predicted octanol–water partition coefficient (Wildman–Crippen LogP) is 3.00. The van der Waals surface area contributed by atoms with E-state index >= 15 is 0 Å².